The van der Waals surface area contributed by atoms with E-state index in [1.807, 2.05) is 24.3 Å². The molecule has 8 heteroatoms. The Morgan fingerprint density at radius 1 is 1.06 bits per heavy atom. The van der Waals surface area contributed by atoms with Gasteiger partial charge in [0.2, 0.25) is 5.91 Å². The fourth-order valence-electron chi connectivity index (χ4n) is 4.06. The van der Waals surface area contributed by atoms with Crippen LogP contribution in [0.15, 0.2) is 54.7 Å². The summed E-state index contributed by atoms with van der Waals surface area (Å²) in [6.45, 7) is 2.48. The van der Waals surface area contributed by atoms with E-state index < -0.39 is 5.91 Å². The van der Waals surface area contributed by atoms with Gasteiger partial charge in [0, 0.05) is 34.5 Å². The summed E-state index contributed by atoms with van der Waals surface area (Å²) in [6, 6.07) is 13.9. The number of nitrogens with one attached hydrogen (secondary N) is 2. The first-order valence-corrected chi connectivity index (χ1v) is 11.5. The molecular weight excluding hydrogens is 459 g/mol. The molecule has 170 valence electrons. The number of hydrogen-bond acceptors (Lipinski definition) is 4. The van der Waals surface area contributed by atoms with E-state index in [1.54, 1.807) is 24.4 Å². The summed E-state index contributed by atoms with van der Waals surface area (Å²) in [5.74, 6) is -0.497. The topological polar surface area (TPSA) is 97.1 Å². The Kier molecular flexibility index (Phi) is 7.28. The van der Waals surface area contributed by atoms with Gasteiger partial charge in [0.05, 0.1) is 16.3 Å². The number of piperidine rings is 1. The van der Waals surface area contributed by atoms with Gasteiger partial charge in [0.25, 0.3) is 5.91 Å². The molecule has 3 aromatic rings. The van der Waals surface area contributed by atoms with E-state index in [1.165, 1.54) is 6.07 Å². The number of benzene rings is 2. The van der Waals surface area contributed by atoms with Gasteiger partial charge in [-0.1, -0.05) is 35.3 Å². The van der Waals surface area contributed by atoms with E-state index >= 15 is 0 Å². The van der Waals surface area contributed by atoms with E-state index in [2.05, 4.69) is 15.6 Å². The van der Waals surface area contributed by atoms with Gasteiger partial charge in [0.1, 0.15) is 0 Å². The van der Waals surface area contributed by atoms with Crippen LogP contribution in [0.1, 0.15) is 33.6 Å². The lowest BCUT2D eigenvalue weighted by atomic mass is 9.93. The smallest absolute Gasteiger partial charge is 0.251 e. The van der Waals surface area contributed by atoms with Crippen LogP contribution in [0, 0.1) is 5.92 Å². The summed E-state index contributed by atoms with van der Waals surface area (Å²) in [5, 5.41) is 7.00. The van der Waals surface area contributed by atoms with Gasteiger partial charge in [-0.2, -0.15) is 0 Å². The minimum Gasteiger partial charge on any atom is -0.366 e. The number of carbonyl (C=O) groups is 2. The predicted molar refractivity (Wildman–Crippen MR) is 132 cm³/mol. The van der Waals surface area contributed by atoms with Crippen molar-refractivity contribution in [1.82, 2.24) is 15.6 Å². The number of hydrogen-bond donors (Lipinski definition) is 3. The van der Waals surface area contributed by atoms with Gasteiger partial charge in [-0.3, -0.25) is 14.6 Å². The van der Waals surface area contributed by atoms with Crippen LogP contribution in [-0.2, 0) is 0 Å². The molecule has 0 atom stereocenters. The van der Waals surface area contributed by atoms with E-state index in [4.69, 9.17) is 28.9 Å². The molecule has 0 aliphatic carbocycles. The Bertz CT molecular complexity index is 1180. The van der Waals surface area contributed by atoms with Gasteiger partial charge in [0.15, 0.2) is 0 Å². The first-order chi connectivity index (χ1) is 16.0. The highest BCUT2D eigenvalue weighted by molar-refractivity contribution is 6.37. The number of primary amides is 1. The fraction of sp³-hybridized carbons (Fsp3) is 0.240. The second kappa shape index (κ2) is 10.3. The molecule has 4 rings (SSSR count). The Labute approximate surface area is 202 Å². The van der Waals surface area contributed by atoms with E-state index in [9.17, 15) is 9.59 Å². The van der Waals surface area contributed by atoms with Crippen molar-refractivity contribution in [2.24, 2.45) is 11.7 Å². The van der Waals surface area contributed by atoms with Crippen molar-refractivity contribution < 1.29 is 9.59 Å². The number of nitrogens with zero attached hydrogens (tertiary/aromatic N) is 1. The van der Waals surface area contributed by atoms with Crippen molar-refractivity contribution >= 4 is 35.0 Å². The second-order valence-electron chi connectivity index (χ2n) is 8.03. The number of carbonyl (C=O) groups excluding carboxylic acids is 2. The quantitative estimate of drug-likeness (QED) is 0.479. The molecule has 6 nitrogen and oxygen atoms in total. The number of amides is 2. The largest absolute Gasteiger partial charge is 0.366 e. The van der Waals surface area contributed by atoms with Crippen molar-refractivity contribution in [3.8, 4) is 22.4 Å². The molecule has 33 heavy (non-hydrogen) atoms. The number of aromatic nitrogens is 1. The lowest BCUT2D eigenvalue weighted by molar-refractivity contribution is 0.0942. The van der Waals surface area contributed by atoms with Crippen LogP contribution < -0.4 is 16.4 Å². The zero-order valence-corrected chi connectivity index (χ0v) is 19.4. The summed E-state index contributed by atoms with van der Waals surface area (Å²) < 4.78 is 0. The lowest BCUT2D eigenvalue weighted by Gasteiger charge is -2.23. The Hall–Kier alpha value is -2.93. The minimum atomic E-state index is -0.665. The van der Waals surface area contributed by atoms with Gasteiger partial charge in [-0.15, -0.1) is 0 Å². The molecular formula is C25H24Cl2N4O2. The summed E-state index contributed by atoms with van der Waals surface area (Å²) >= 11 is 13.1. The fourth-order valence-corrected chi connectivity index (χ4v) is 4.64. The Balaban J connectivity index is 1.75. The second-order valence-corrected chi connectivity index (χ2v) is 8.81. The van der Waals surface area contributed by atoms with Gasteiger partial charge < -0.3 is 16.4 Å². The molecule has 4 N–H and O–H groups in total. The predicted octanol–water partition coefficient (Wildman–Crippen LogP) is 4.55. The summed E-state index contributed by atoms with van der Waals surface area (Å²) in [4.78, 5) is 29.5. The molecule has 2 heterocycles. The summed E-state index contributed by atoms with van der Waals surface area (Å²) in [7, 11) is 0. The standard InChI is InChI=1S/C25H24Cl2N4O2/c26-20-7-4-16(13-19(20)21-3-1-2-10-30-21)22-17(5-6-18(23(22)27)24(28)32)25(33)31-14-15-8-11-29-12-9-15/h1-7,10,13,15,29H,8-9,11-12,14H2,(H2,28,32)(H,31,33). The highest BCUT2D eigenvalue weighted by Crippen LogP contribution is 2.38. The average Bonchev–Trinajstić information content (AvgIpc) is 2.84. The first-order valence-electron chi connectivity index (χ1n) is 10.8. The van der Waals surface area contributed by atoms with Crippen molar-refractivity contribution in [1.29, 1.82) is 0 Å². The van der Waals surface area contributed by atoms with Crippen molar-refractivity contribution in [2.45, 2.75) is 12.8 Å². The summed E-state index contributed by atoms with van der Waals surface area (Å²) in [6.07, 6.45) is 3.71. The molecule has 1 fully saturated rings. The molecule has 0 bridgehead atoms. The van der Waals surface area contributed by atoms with Crippen molar-refractivity contribution in [3.63, 3.8) is 0 Å². The van der Waals surface area contributed by atoms with E-state index in [-0.39, 0.29) is 16.5 Å². The first kappa shape index (κ1) is 23.2. The summed E-state index contributed by atoms with van der Waals surface area (Å²) in [5.41, 5.74) is 8.49. The number of halogens is 2. The van der Waals surface area contributed by atoms with Crippen molar-refractivity contribution in [2.75, 3.05) is 19.6 Å². The van der Waals surface area contributed by atoms with Crippen LogP contribution in [-0.4, -0.2) is 36.4 Å². The molecule has 0 spiro atoms. The van der Waals surface area contributed by atoms with Crippen LogP contribution >= 0.6 is 23.2 Å². The highest BCUT2D eigenvalue weighted by atomic mass is 35.5. The number of rotatable bonds is 6. The lowest BCUT2D eigenvalue weighted by Crippen LogP contribution is -2.36. The monoisotopic (exact) mass is 482 g/mol. The highest BCUT2D eigenvalue weighted by Gasteiger charge is 2.23. The van der Waals surface area contributed by atoms with Crippen molar-refractivity contribution in [3.05, 3.63) is 75.9 Å². The van der Waals surface area contributed by atoms with Crippen LogP contribution in [0.3, 0.4) is 0 Å². The minimum absolute atomic E-state index is 0.131. The van der Waals surface area contributed by atoms with E-state index in [0.717, 1.165) is 25.9 Å². The molecule has 0 saturated carbocycles. The maximum absolute atomic E-state index is 13.2. The van der Waals surface area contributed by atoms with Gasteiger partial charge in [-0.05, 0) is 73.8 Å². The third-order valence-corrected chi connectivity index (χ3v) is 6.58. The Morgan fingerprint density at radius 3 is 2.52 bits per heavy atom. The molecule has 2 aromatic carbocycles. The van der Waals surface area contributed by atoms with Crippen LogP contribution in [0.25, 0.3) is 22.4 Å². The van der Waals surface area contributed by atoms with E-state index in [0.29, 0.717) is 45.4 Å². The van der Waals surface area contributed by atoms with Gasteiger partial charge >= 0.3 is 0 Å². The molecule has 1 aliphatic rings. The van der Waals surface area contributed by atoms with Crippen LogP contribution in [0.4, 0.5) is 0 Å². The molecule has 2 amide bonds. The molecule has 1 aliphatic heterocycles. The third-order valence-electron chi connectivity index (χ3n) is 5.86. The zero-order valence-electron chi connectivity index (χ0n) is 17.9. The maximum atomic E-state index is 13.2. The molecule has 1 aromatic heterocycles. The average molecular weight is 483 g/mol. The SMILES string of the molecule is NC(=O)c1ccc(C(=O)NCC2CCNCC2)c(-c2ccc(Cl)c(-c3ccccn3)c2)c1Cl. The third kappa shape index (κ3) is 5.19. The molecule has 0 radical (unpaired) electrons. The maximum Gasteiger partial charge on any atom is 0.251 e. The normalized spacial score (nSPS) is 14.1. The number of nitrogens with two attached hydrogens (primary N) is 1. The van der Waals surface area contributed by atoms with Gasteiger partial charge in [-0.25, -0.2) is 0 Å². The van der Waals surface area contributed by atoms with Crippen LogP contribution in [0.2, 0.25) is 10.0 Å². The Morgan fingerprint density at radius 2 is 1.82 bits per heavy atom. The molecule has 1 saturated heterocycles. The van der Waals surface area contributed by atoms with Crippen LogP contribution in [0.5, 0.6) is 0 Å². The molecule has 0 unspecified atom stereocenters. The zero-order chi connectivity index (χ0) is 23.4. The number of pyridine rings is 1.